The molecule has 0 saturated heterocycles. The summed E-state index contributed by atoms with van der Waals surface area (Å²) in [6, 6.07) is 10.7. The second-order valence-electron chi connectivity index (χ2n) is 3.65. The molecule has 2 aromatic carbocycles. The number of benzene rings is 2. The van der Waals surface area contributed by atoms with Gasteiger partial charge in [0.05, 0.1) is 6.61 Å². The second-order valence-corrected chi connectivity index (χ2v) is 3.65. The van der Waals surface area contributed by atoms with Crippen molar-refractivity contribution in [2.24, 2.45) is 0 Å². The lowest BCUT2D eigenvalue weighted by Gasteiger charge is -2.08. The number of aliphatic hydroxyl groups excluding tert-OH is 1. The Bertz CT molecular complexity index is 484. The summed E-state index contributed by atoms with van der Waals surface area (Å²) in [5.41, 5.74) is 1.05. The van der Waals surface area contributed by atoms with Crippen molar-refractivity contribution in [2.75, 3.05) is 13.2 Å². The third kappa shape index (κ3) is 2.21. The van der Waals surface area contributed by atoms with Gasteiger partial charge in [-0.2, -0.15) is 0 Å². The fraction of sp³-hybridized carbons (Fsp3) is 0.231. The Morgan fingerprint density at radius 3 is 2.56 bits per heavy atom. The number of hydrogen-bond acceptors (Lipinski definition) is 2. The number of rotatable bonds is 4. The molecule has 2 rings (SSSR count). The fourth-order valence-electron chi connectivity index (χ4n) is 1.78. The maximum Gasteiger partial charge on any atom is 0.131 e. The standard InChI is InChI=1S/C13H14FNO/c14-13-6-5-10(9-15-7-8-16)11-3-1-2-4-12(11)13/h1-6,15-16H,7-9H2. The van der Waals surface area contributed by atoms with Gasteiger partial charge >= 0.3 is 0 Å². The Balaban J connectivity index is 2.35. The first-order valence-corrected chi connectivity index (χ1v) is 5.30. The van der Waals surface area contributed by atoms with Crippen LogP contribution in [-0.4, -0.2) is 18.3 Å². The summed E-state index contributed by atoms with van der Waals surface area (Å²) in [7, 11) is 0. The van der Waals surface area contributed by atoms with E-state index >= 15 is 0 Å². The zero-order chi connectivity index (χ0) is 11.4. The highest BCUT2D eigenvalue weighted by Crippen LogP contribution is 2.21. The van der Waals surface area contributed by atoms with Crippen molar-refractivity contribution in [3.63, 3.8) is 0 Å². The van der Waals surface area contributed by atoms with E-state index < -0.39 is 0 Å². The number of halogens is 1. The van der Waals surface area contributed by atoms with Gasteiger partial charge in [0.1, 0.15) is 5.82 Å². The summed E-state index contributed by atoms with van der Waals surface area (Å²) in [6.07, 6.45) is 0. The minimum Gasteiger partial charge on any atom is -0.395 e. The molecule has 0 spiro atoms. The Morgan fingerprint density at radius 1 is 1.06 bits per heavy atom. The van der Waals surface area contributed by atoms with E-state index in [4.69, 9.17) is 5.11 Å². The van der Waals surface area contributed by atoms with Crippen molar-refractivity contribution in [1.82, 2.24) is 5.32 Å². The maximum atomic E-state index is 13.5. The molecular weight excluding hydrogens is 205 g/mol. The van der Waals surface area contributed by atoms with Crippen LogP contribution in [0.3, 0.4) is 0 Å². The Morgan fingerprint density at radius 2 is 1.81 bits per heavy atom. The first kappa shape index (κ1) is 11.0. The number of hydrogen-bond donors (Lipinski definition) is 2. The summed E-state index contributed by atoms with van der Waals surface area (Å²) in [4.78, 5) is 0. The fourth-order valence-corrected chi connectivity index (χ4v) is 1.78. The lowest BCUT2D eigenvalue weighted by Crippen LogP contribution is -2.17. The lowest BCUT2D eigenvalue weighted by molar-refractivity contribution is 0.292. The lowest BCUT2D eigenvalue weighted by atomic mass is 10.0. The summed E-state index contributed by atoms with van der Waals surface area (Å²) in [5, 5.41) is 13.3. The number of fused-ring (bicyclic) bond motifs is 1. The molecule has 16 heavy (non-hydrogen) atoms. The minimum absolute atomic E-state index is 0.110. The molecule has 3 heteroatoms. The summed E-state index contributed by atoms with van der Waals surface area (Å²) >= 11 is 0. The molecule has 0 aliphatic heterocycles. The van der Waals surface area contributed by atoms with Gasteiger partial charge in [0.15, 0.2) is 0 Å². The second kappa shape index (κ2) is 5.05. The SMILES string of the molecule is OCCNCc1ccc(F)c2ccccc12. The molecule has 2 aromatic rings. The highest BCUT2D eigenvalue weighted by molar-refractivity contribution is 5.86. The summed E-state index contributed by atoms with van der Waals surface area (Å²) < 4.78 is 13.5. The van der Waals surface area contributed by atoms with Crippen molar-refractivity contribution < 1.29 is 9.50 Å². The molecule has 84 valence electrons. The molecular formula is C13H14FNO. The van der Waals surface area contributed by atoms with Crippen molar-refractivity contribution in [3.8, 4) is 0 Å². The molecule has 0 amide bonds. The normalized spacial score (nSPS) is 10.9. The largest absolute Gasteiger partial charge is 0.395 e. The molecule has 0 bridgehead atoms. The van der Waals surface area contributed by atoms with Gasteiger partial charge in [-0.3, -0.25) is 0 Å². The van der Waals surface area contributed by atoms with E-state index in [1.165, 1.54) is 6.07 Å². The van der Waals surface area contributed by atoms with Crippen LogP contribution in [0, 0.1) is 5.82 Å². The molecule has 0 heterocycles. The zero-order valence-electron chi connectivity index (χ0n) is 8.91. The molecule has 0 aliphatic carbocycles. The van der Waals surface area contributed by atoms with Crippen LogP contribution in [0.1, 0.15) is 5.56 Å². The maximum absolute atomic E-state index is 13.5. The average Bonchev–Trinajstić information content (AvgIpc) is 2.33. The number of nitrogens with one attached hydrogen (secondary N) is 1. The van der Waals surface area contributed by atoms with E-state index in [-0.39, 0.29) is 12.4 Å². The molecule has 0 aliphatic rings. The zero-order valence-corrected chi connectivity index (χ0v) is 8.91. The molecule has 0 atom stereocenters. The van der Waals surface area contributed by atoms with Crippen LogP contribution in [0.25, 0.3) is 10.8 Å². The highest BCUT2D eigenvalue weighted by Gasteiger charge is 2.04. The van der Waals surface area contributed by atoms with Gasteiger partial charge in [-0.1, -0.05) is 30.3 Å². The predicted molar refractivity (Wildman–Crippen MR) is 62.7 cm³/mol. The van der Waals surface area contributed by atoms with E-state index in [2.05, 4.69) is 5.32 Å². The van der Waals surface area contributed by atoms with E-state index in [1.807, 2.05) is 18.2 Å². The van der Waals surface area contributed by atoms with Crippen LogP contribution in [0.2, 0.25) is 0 Å². The minimum atomic E-state index is -0.193. The van der Waals surface area contributed by atoms with E-state index in [0.29, 0.717) is 18.5 Å². The van der Waals surface area contributed by atoms with Crippen LogP contribution >= 0.6 is 0 Å². The van der Waals surface area contributed by atoms with Gasteiger partial charge in [0.2, 0.25) is 0 Å². The smallest absolute Gasteiger partial charge is 0.131 e. The first-order chi connectivity index (χ1) is 7.83. The first-order valence-electron chi connectivity index (χ1n) is 5.30. The van der Waals surface area contributed by atoms with Crippen LogP contribution in [-0.2, 0) is 6.54 Å². The summed E-state index contributed by atoms with van der Waals surface area (Å²) in [5.74, 6) is -0.193. The quantitative estimate of drug-likeness (QED) is 0.771. The Kier molecular flexibility index (Phi) is 3.49. The van der Waals surface area contributed by atoms with Crippen LogP contribution in [0.4, 0.5) is 4.39 Å². The highest BCUT2D eigenvalue weighted by atomic mass is 19.1. The molecule has 0 unspecified atom stereocenters. The number of aliphatic hydroxyl groups is 1. The van der Waals surface area contributed by atoms with Crippen LogP contribution < -0.4 is 5.32 Å². The summed E-state index contributed by atoms with van der Waals surface area (Å²) in [6.45, 7) is 1.30. The van der Waals surface area contributed by atoms with Gasteiger partial charge in [-0.25, -0.2) is 4.39 Å². The van der Waals surface area contributed by atoms with Crippen molar-refractivity contribution in [2.45, 2.75) is 6.54 Å². The van der Waals surface area contributed by atoms with E-state index in [0.717, 1.165) is 10.9 Å². The van der Waals surface area contributed by atoms with Crippen LogP contribution in [0.15, 0.2) is 36.4 Å². The van der Waals surface area contributed by atoms with Crippen molar-refractivity contribution in [1.29, 1.82) is 0 Å². The molecule has 0 fully saturated rings. The van der Waals surface area contributed by atoms with Gasteiger partial charge in [0.25, 0.3) is 0 Å². The molecule has 2 nitrogen and oxygen atoms in total. The van der Waals surface area contributed by atoms with Crippen LogP contribution in [0.5, 0.6) is 0 Å². The van der Waals surface area contributed by atoms with Crippen molar-refractivity contribution in [3.05, 3.63) is 47.8 Å². The van der Waals surface area contributed by atoms with E-state index in [9.17, 15) is 4.39 Å². The molecule has 0 aromatic heterocycles. The molecule has 2 N–H and O–H groups in total. The van der Waals surface area contributed by atoms with Gasteiger partial charge in [0, 0.05) is 18.5 Å². The Labute approximate surface area is 93.7 Å². The third-order valence-electron chi connectivity index (χ3n) is 2.57. The average molecular weight is 219 g/mol. The van der Waals surface area contributed by atoms with Gasteiger partial charge in [-0.15, -0.1) is 0 Å². The van der Waals surface area contributed by atoms with E-state index in [1.54, 1.807) is 12.1 Å². The molecule has 0 radical (unpaired) electrons. The topological polar surface area (TPSA) is 32.3 Å². The van der Waals surface area contributed by atoms with Gasteiger partial charge < -0.3 is 10.4 Å². The monoisotopic (exact) mass is 219 g/mol. The third-order valence-corrected chi connectivity index (χ3v) is 2.57. The predicted octanol–water partition coefficient (Wildman–Crippen LogP) is 2.06. The molecule has 0 saturated carbocycles. The van der Waals surface area contributed by atoms with Crippen molar-refractivity contribution >= 4 is 10.8 Å². The Hall–Kier alpha value is -1.45. The van der Waals surface area contributed by atoms with Gasteiger partial charge in [-0.05, 0) is 17.0 Å².